The highest BCUT2D eigenvalue weighted by molar-refractivity contribution is 5.87. The molecule has 0 atom stereocenters. The molecule has 3 aromatic rings. The number of hydrogen-bond acceptors (Lipinski definition) is 6. The van der Waals surface area contributed by atoms with Crippen LogP contribution in [0.4, 0.5) is 0 Å². The molecule has 0 bridgehead atoms. The van der Waals surface area contributed by atoms with Crippen LogP contribution >= 0.6 is 0 Å². The number of rotatable bonds is 32. The lowest BCUT2D eigenvalue weighted by Crippen LogP contribution is -2.06. The first-order chi connectivity index (χ1) is 27.7. The Hall–Kier alpha value is -4.32. The predicted molar refractivity (Wildman–Crippen MR) is 235 cm³/mol. The molecule has 0 spiro atoms. The first kappa shape index (κ1) is 47.1. The number of unbranched alkanes of at least 4 members (excludes halogenated alkanes) is 12. The molecule has 0 fully saturated rings. The lowest BCUT2D eigenvalue weighted by molar-refractivity contribution is -0.139. The smallest absolute Gasteiger partial charge is 0.333 e. The lowest BCUT2D eigenvalue weighted by atomic mass is 9.97. The molecular weight excluding hydrogens is 709 g/mol. The first-order valence-corrected chi connectivity index (χ1v) is 21.9. The highest BCUT2D eigenvalue weighted by Gasteiger charge is 2.05. The fraction of sp³-hybridized carbons (Fsp3) is 0.529. The van der Waals surface area contributed by atoms with Gasteiger partial charge in [-0.05, 0) is 150 Å². The zero-order valence-corrected chi connectivity index (χ0v) is 35.7. The number of ether oxygens (including phenoxy) is 4. The average molecular weight is 781 g/mol. The van der Waals surface area contributed by atoms with E-state index in [1.807, 2.05) is 0 Å². The SMILES string of the molecule is C=C(C)C(=O)OCCCCCCc1ccc(OCCCCCCc2ccc(CCCCCCOc3ccc(CCCCCCOC(=O)C(=C)C)cc3)c(C)c2)cc1. The fourth-order valence-electron chi connectivity index (χ4n) is 6.78. The molecule has 0 saturated heterocycles. The van der Waals surface area contributed by atoms with Crippen molar-refractivity contribution in [3.63, 3.8) is 0 Å². The molecule has 0 saturated carbocycles. The highest BCUT2D eigenvalue weighted by atomic mass is 16.5. The van der Waals surface area contributed by atoms with Crippen LogP contribution in [-0.2, 0) is 44.7 Å². The topological polar surface area (TPSA) is 71.1 Å². The van der Waals surface area contributed by atoms with Crippen molar-refractivity contribution in [1.29, 1.82) is 0 Å². The zero-order valence-electron chi connectivity index (χ0n) is 35.7. The van der Waals surface area contributed by atoms with Gasteiger partial charge in [0.25, 0.3) is 0 Å². The Kier molecular flexibility index (Phi) is 23.9. The third kappa shape index (κ3) is 21.7. The summed E-state index contributed by atoms with van der Waals surface area (Å²) >= 11 is 0. The molecule has 6 nitrogen and oxygen atoms in total. The van der Waals surface area contributed by atoms with Gasteiger partial charge in [0, 0.05) is 11.1 Å². The van der Waals surface area contributed by atoms with Gasteiger partial charge >= 0.3 is 11.9 Å². The zero-order chi connectivity index (χ0) is 40.9. The second kappa shape index (κ2) is 29.0. The van der Waals surface area contributed by atoms with Gasteiger partial charge in [-0.25, -0.2) is 9.59 Å². The van der Waals surface area contributed by atoms with Gasteiger partial charge in [0.15, 0.2) is 0 Å². The minimum Gasteiger partial charge on any atom is -0.494 e. The third-order valence-corrected chi connectivity index (χ3v) is 10.4. The molecule has 3 rings (SSSR count). The summed E-state index contributed by atoms with van der Waals surface area (Å²) in [5.41, 5.74) is 7.97. The Morgan fingerprint density at radius 3 is 1.19 bits per heavy atom. The molecule has 0 N–H and O–H groups in total. The molecule has 0 radical (unpaired) electrons. The summed E-state index contributed by atoms with van der Waals surface area (Å²) in [5, 5.41) is 0. The molecule has 0 aliphatic rings. The number of carbonyl (C=O) groups excluding carboxylic acids is 2. The Morgan fingerprint density at radius 1 is 0.439 bits per heavy atom. The number of carbonyl (C=O) groups is 2. The number of esters is 2. The summed E-state index contributed by atoms with van der Waals surface area (Å²) in [6.45, 7) is 15.3. The van der Waals surface area contributed by atoms with Crippen molar-refractivity contribution < 1.29 is 28.5 Å². The van der Waals surface area contributed by atoms with Gasteiger partial charge < -0.3 is 18.9 Å². The van der Waals surface area contributed by atoms with Crippen LogP contribution in [0.15, 0.2) is 91.0 Å². The maximum absolute atomic E-state index is 11.4. The van der Waals surface area contributed by atoms with Crippen LogP contribution in [-0.4, -0.2) is 38.4 Å². The largest absolute Gasteiger partial charge is 0.494 e. The van der Waals surface area contributed by atoms with Gasteiger partial charge in [-0.15, -0.1) is 0 Å². The molecule has 0 aliphatic carbocycles. The normalized spacial score (nSPS) is 10.9. The van der Waals surface area contributed by atoms with Crippen LogP contribution in [0.2, 0.25) is 0 Å². The summed E-state index contributed by atoms with van der Waals surface area (Å²) in [6.07, 6.45) is 22.4. The van der Waals surface area contributed by atoms with E-state index >= 15 is 0 Å². The monoisotopic (exact) mass is 781 g/mol. The van der Waals surface area contributed by atoms with Gasteiger partial charge in [-0.2, -0.15) is 0 Å². The summed E-state index contributed by atoms with van der Waals surface area (Å²) in [7, 11) is 0. The first-order valence-electron chi connectivity index (χ1n) is 21.9. The summed E-state index contributed by atoms with van der Waals surface area (Å²) in [4.78, 5) is 22.8. The van der Waals surface area contributed by atoms with Crippen molar-refractivity contribution in [3.05, 3.63) is 119 Å². The number of aryl methyl sites for hydroxylation is 5. The molecule has 0 aromatic heterocycles. The standard InChI is InChI=1S/C51H72O6/c1-41(2)50(52)56-38-20-11-6-14-22-44-27-32-48(33-28-44)54-36-18-10-8-16-24-46-26-31-47(43(5)40-46)25-17-9-13-19-37-55-49-34-29-45(30-35-49)23-15-7-12-21-39-57-51(53)42(3)4/h26-35,40H,1,3,6-25,36-39H2,2,4-5H3. The van der Waals surface area contributed by atoms with E-state index in [4.69, 9.17) is 18.9 Å². The van der Waals surface area contributed by atoms with E-state index in [0.29, 0.717) is 24.4 Å². The third-order valence-electron chi connectivity index (χ3n) is 10.4. The van der Waals surface area contributed by atoms with Crippen LogP contribution < -0.4 is 9.47 Å². The van der Waals surface area contributed by atoms with Crippen molar-refractivity contribution in [2.45, 2.75) is 149 Å². The van der Waals surface area contributed by atoms with E-state index in [-0.39, 0.29) is 11.9 Å². The second-order valence-corrected chi connectivity index (χ2v) is 15.7. The molecule has 0 amide bonds. The molecular formula is C51H72O6. The average Bonchev–Trinajstić information content (AvgIpc) is 3.20. The van der Waals surface area contributed by atoms with E-state index < -0.39 is 0 Å². The quantitative estimate of drug-likeness (QED) is 0.0357. The van der Waals surface area contributed by atoms with Gasteiger partial charge in [-0.3, -0.25) is 0 Å². The van der Waals surface area contributed by atoms with Crippen LogP contribution in [0.5, 0.6) is 11.5 Å². The molecule has 3 aromatic carbocycles. The molecule has 0 heterocycles. The van der Waals surface area contributed by atoms with Crippen molar-refractivity contribution in [1.82, 2.24) is 0 Å². The van der Waals surface area contributed by atoms with Gasteiger partial charge in [0.05, 0.1) is 26.4 Å². The second-order valence-electron chi connectivity index (χ2n) is 15.7. The van der Waals surface area contributed by atoms with Gasteiger partial charge in [-0.1, -0.05) is 107 Å². The predicted octanol–water partition coefficient (Wildman–Crippen LogP) is 12.8. The maximum Gasteiger partial charge on any atom is 0.333 e. The Bertz CT molecular complexity index is 1590. The van der Waals surface area contributed by atoms with Crippen molar-refractivity contribution in [2.75, 3.05) is 26.4 Å². The molecule has 0 aliphatic heterocycles. The van der Waals surface area contributed by atoms with E-state index in [2.05, 4.69) is 86.8 Å². The van der Waals surface area contributed by atoms with Crippen LogP contribution in [0, 0.1) is 6.92 Å². The summed E-state index contributed by atoms with van der Waals surface area (Å²) in [5.74, 6) is 1.33. The van der Waals surface area contributed by atoms with Crippen LogP contribution in [0.3, 0.4) is 0 Å². The maximum atomic E-state index is 11.4. The van der Waals surface area contributed by atoms with Crippen molar-refractivity contribution in [2.24, 2.45) is 0 Å². The van der Waals surface area contributed by atoms with Crippen LogP contribution in [0.1, 0.15) is 144 Å². The van der Waals surface area contributed by atoms with E-state index in [9.17, 15) is 9.59 Å². The minimum atomic E-state index is -0.292. The molecule has 57 heavy (non-hydrogen) atoms. The van der Waals surface area contributed by atoms with Crippen molar-refractivity contribution in [3.8, 4) is 11.5 Å². The molecule has 312 valence electrons. The Morgan fingerprint density at radius 2 is 0.789 bits per heavy atom. The minimum absolute atomic E-state index is 0.292. The number of benzene rings is 3. The lowest BCUT2D eigenvalue weighted by Gasteiger charge is -2.10. The Labute approximate surface area is 345 Å². The van der Waals surface area contributed by atoms with E-state index in [1.54, 1.807) is 13.8 Å². The van der Waals surface area contributed by atoms with Gasteiger partial charge in [0.1, 0.15) is 11.5 Å². The number of hydrogen-bond donors (Lipinski definition) is 0. The molecule has 6 heteroatoms. The van der Waals surface area contributed by atoms with Gasteiger partial charge in [0.2, 0.25) is 0 Å². The van der Waals surface area contributed by atoms with Crippen molar-refractivity contribution >= 4 is 11.9 Å². The fourth-order valence-corrected chi connectivity index (χ4v) is 6.78. The van der Waals surface area contributed by atoms with E-state index in [0.717, 1.165) is 115 Å². The van der Waals surface area contributed by atoms with E-state index in [1.165, 1.54) is 66.3 Å². The molecule has 0 unspecified atom stereocenters. The summed E-state index contributed by atoms with van der Waals surface area (Å²) in [6, 6.07) is 24.2. The Balaban J connectivity index is 1.13. The summed E-state index contributed by atoms with van der Waals surface area (Å²) < 4.78 is 22.3. The highest BCUT2D eigenvalue weighted by Crippen LogP contribution is 2.20. The van der Waals surface area contributed by atoms with Crippen LogP contribution in [0.25, 0.3) is 0 Å².